The van der Waals surface area contributed by atoms with Crippen LogP contribution in [0.15, 0.2) is 22.7 Å². The summed E-state index contributed by atoms with van der Waals surface area (Å²) < 4.78 is 0.859. The lowest BCUT2D eigenvalue weighted by molar-refractivity contribution is -0.125. The summed E-state index contributed by atoms with van der Waals surface area (Å²) >= 11 is 3.42. The number of anilines is 1. The van der Waals surface area contributed by atoms with Crippen molar-refractivity contribution in [3.05, 3.63) is 28.2 Å². The Morgan fingerprint density at radius 3 is 3.00 bits per heavy atom. The average Bonchev–Trinajstić information content (AvgIpc) is 2.33. The number of piperazine rings is 1. The van der Waals surface area contributed by atoms with E-state index in [2.05, 4.69) is 26.6 Å². The summed E-state index contributed by atoms with van der Waals surface area (Å²) in [5.74, 6) is -0.144. The molecule has 19 heavy (non-hydrogen) atoms. The summed E-state index contributed by atoms with van der Waals surface area (Å²) in [6, 6.07) is 5.75. The van der Waals surface area contributed by atoms with Crippen molar-refractivity contribution in [3.63, 3.8) is 0 Å². The standard InChI is InChI=1S/C13H16BrN3O2/c1-9-2-3-11(10(14)6-9)16-13(19)8-17-5-4-15-12(18)7-17/h2-3,6H,4-5,7-8H2,1H3,(H,15,18)(H,16,19). The van der Waals surface area contributed by atoms with E-state index in [1.165, 1.54) is 0 Å². The number of aryl methyl sites for hydroxylation is 1. The molecule has 0 aromatic heterocycles. The molecule has 5 nitrogen and oxygen atoms in total. The molecule has 0 unspecified atom stereocenters. The molecule has 1 heterocycles. The number of benzene rings is 1. The van der Waals surface area contributed by atoms with Crippen molar-refractivity contribution in [3.8, 4) is 0 Å². The van der Waals surface area contributed by atoms with Crippen molar-refractivity contribution in [1.82, 2.24) is 10.2 Å². The Morgan fingerprint density at radius 1 is 1.53 bits per heavy atom. The van der Waals surface area contributed by atoms with Crippen molar-refractivity contribution >= 4 is 33.4 Å². The Morgan fingerprint density at radius 2 is 2.32 bits per heavy atom. The largest absolute Gasteiger partial charge is 0.354 e. The van der Waals surface area contributed by atoms with E-state index >= 15 is 0 Å². The number of nitrogens with one attached hydrogen (secondary N) is 2. The van der Waals surface area contributed by atoms with Gasteiger partial charge in [-0.05, 0) is 40.5 Å². The maximum atomic E-state index is 11.9. The lowest BCUT2D eigenvalue weighted by Crippen LogP contribution is -2.49. The SMILES string of the molecule is Cc1ccc(NC(=O)CN2CCNC(=O)C2)c(Br)c1. The van der Waals surface area contributed by atoms with Crippen LogP contribution in [0.3, 0.4) is 0 Å². The van der Waals surface area contributed by atoms with Crippen LogP contribution < -0.4 is 10.6 Å². The van der Waals surface area contributed by atoms with Gasteiger partial charge in [-0.3, -0.25) is 14.5 Å². The summed E-state index contributed by atoms with van der Waals surface area (Å²) in [5, 5.41) is 5.57. The maximum absolute atomic E-state index is 11.9. The molecule has 1 aromatic carbocycles. The van der Waals surface area contributed by atoms with Crippen LogP contribution in [0.4, 0.5) is 5.69 Å². The summed E-state index contributed by atoms with van der Waals surface area (Å²) in [6.07, 6.45) is 0. The third-order valence-electron chi connectivity index (χ3n) is 2.88. The topological polar surface area (TPSA) is 61.4 Å². The summed E-state index contributed by atoms with van der Waals surface area (Å²) in [5.41, 5.74) is 1.87. The van der Waals surface area contributed by atoms with Crippen molar-refractivity contribution in [2.24, 2.45) is 0 Å². The summed E-state index contributed by atoms with van der Waals surface area (Å²) in [6.45, 7) is 3.80. The van der Waals surface area contributed by atoms with Gasteiger partial charge in [-0.2, -0.15) is 0 Å². The van der Waals surface area contributed by atoms with E-state index in [9.17, 15) is 9.59 Å². The van der Waals surface area contributed by atoms with Crippen molar-refractivity contribution in [1.29, 1.82) is 0 Å². The number of halogens is 1. The van der Waals surface area contributed by atoms with E-state index in [1.807, 2.05) is 30.0 Å². The quantitative estimate of drug-likeness (QED) is 0.875. The molecule has 0 spiro atoms. The van der Waals surface area contributed by atoms with Crippen molar-refractivity contribution in [2.45, 2.75) is 6.92 Å². The fraction of sp³-hybridized carbons (Fsp3) is 0.385. The zero-order chi connectivity index (χ0) is 13.8. The van der Waals surface area contributed by atoms with Gasteiger partial charge in [0, 0.05) is 17.6 Å². The molecular weight excluding hydrogens is 310 g/mol. The van der Waals surface area contributed by atoms with Gasteiger partial charge in [0.15, 0.2) is 0 Å². The van der Waals surface area contributed by atoms with E-state index in [1.54, 1.807) is 0 Å². The molecule has 0 aliphatic carbocycles. The van der Waals surface area contributed by atoms with Crippen LogP contribution in [0.2, 0.25) is 0 Å². The van der Waals surface area contributed by atoms with Crippen LogP contribution >= 0.6 is 15.9 Å². The molecule has 1 aromatic rings. The van der Waals surface area contributed by atoms with Gasteiger partial charge in [-0.1, -0.05) is 6.07 Å². The predicted molar refractivity (Wildman–Crippen MR) is 77.0 cm³/mol. The number of carbonyl (C=O) groups is 2. The molecule has 1 aliphatic heterocycles. The second kappa shape index (κ2) is 6.16. The smallest absolute Gasteiger partial charge is 0.238 e. The summed E-state index contributed by atoms with van der Waals surface area (Å²) in [4.78, 5) is 25.0. The molecule has 2 rings (SSSR count). The maximum Gasteiger partial charge on any atom is 0.238 e. The molecule has 0 saturated carbocycles. The van der Waals surface area contributed by atoms with Crippen LogP contribution in [-0.2, 0) is 9.59 Å². The number of amides is 2. The van der Waals surface area contributed by atoms with Gasteiger partial charge >= 0.3 is 0 Å². The minimum Gasteiger partial charge on any atom is -0.354 e. The molecule has 1 saturated heterocycles. The molecule has 102 valence electrons. The minimum atomic E-state index is -0.112. The van der Waals surface area contributed by atoms with E-state index < -0.39 is 0 Å². The average molecular weight is 326 g/mol. The molecule has 0 atom stereocenters. The molecule has 1 aliphatic rings. The lowest BCUT2D eigenvalue weighted by atomic mass is 10.2. The Labute approximate surface area is 120 Å². The second-order valence-electron chi connectivity index (χ2n) is 4.59. The first-order valence-corrected chi connectivity index (χ1v) is 6.89. The summed E-state index contributed by atoms with van der Waals surface area (Å²) in [7, 11) is 0. The van der Waals surface area contributed by atoms with Crippen LogP contribution in [0.1, 0.15) is 5.56 Å². The number of rotatable bonds is 3. The molecule has 1 fully saturated rings. The molecule has 2 N–H and O–H groups in total. The van der Waals surface area contributed by atoms with Crippen LogP contribution in [0, 0.1) is 6.92 Å². The third kappa shape index (κ3) is 4.04. The van der Waals surface area contributed by atoms with Gasteiger partial charge < -0.3 is 10.6 Å². The Bertz CT molecular complexity index is 505. The van der Waals surface area contributed by atoms with Gasteiger partial charge in [-0.25, -0.2) is 0 Å². The Balaban J connectivity index is 1.92. The molecular formula is C13H16BrN3O2. The second-order valence-corrected chi connectivity index (χ2v) is 5.45. The Hall–Kier alpha value is -1.40. The predicted octanol–water partition coefficient (Wildman–Crippen LogP) is 1.13. The highest BCUT2D eigenvalue weighted by Crippen LogP contribution is 2.23. The monoisotopic (exact) mass is 325 g/mol. The first-order chi connectivity index (χ1) is 9.04. The van der Waals surface area contributed by atoms with Gasteiger partial charge in [-0.15, -0.1) is 0 Å². The zero-order valence-corrected chi connectivity index (χ0v) is 12.3. The normalized spacial score (nSPS) is 16.0. The van der Waals surface area contributed by atoms with E-state index in [4.69, 9.17) is 0 Å². The van der Waals surface area contributed by atoms with E-state index in [0.29, 0.717) is 13.1 Å². The van der Waals surface area contributed by atoms with E-state index in [0.717, 1.165) is 15.7 Å². The number of nitrogens with zero attached hydrogens (tertiary/aromatic N) is 1. The van der Waals surface area contributed by atoms with Gasteiger partial charge in [0.25, 0.3) is 0 Å². The van der Waals surface area contributed by atoms with Crippen molar-refractivity contribution < 1.29 is 9.59 Å². The van der Waals surface area contributed by atoms with Crippen molar-refractivity contribution in [2.75, 3.05) is 31.5 Å². The highest BCUT2D eigenvalue weighted by molar-refractivity contribution is 9.10. The Kier molecular flexibility index (Phi) is 4.55. The molecule has 6 heteroatoms. The van der Waals surface area contributed by atoms with Gasteiger partial charge in [0.05, 0.1) is 18.8 Å². The lowest BCUT2D eigenvalue weighted by Gasteiger charge is -2.25. The highest BCUT2D eigenvalue weighted by atomic mass is 79.9. The van der Waals surface area contributed by atoms with Gasteiger partial charge in [0.2, 0.25) is 11.8 Å². The van der Waals surface area contributed by atoms with Crippen LogP contribution in [0.25, 0.3) is 0 Å². The molecule has 0 bridgehead atoms. The van der Waals surface area contributed by atoms with Gasteiger partial charge in [0.1, 0.15) is 0 Å². The third-order valence-corrected chi connectivity index (χ3v) is 3.54. The number of carbonyl (C=O) groups excluding carboxylic acids is 2. The fourth-order valence-electron chi connectivity index (χ4n) is 1.94. The first-order valence-electron chi connectivity index (χ1n) is 6.09. The highest BCUT2D eigenvalue weighted by Gasteiger charge is 2.18. The fourth-order valence-corrected chi connectivity index (χ4v) is 2.53. The molecule has 0 radical (unpaired) electrons. The van der Waals surface area contributed by atoms with E-state index in [-0.39, 0.29) is 24.9 Å². The first kappa shape index (κ1) is 14.0. The number of hydrogen-bond acceptors (Lipinski definition) is 3. The zero-order valence-electron chi connectivity index (χ0n) is 10.7. The van der Waals surface area contributed by atoms with Crippen LogP contribution in [-0.4, -0.2) is 42.9 Å². The number of hydrogen-bond donors (Lipinski definition) is 2. The van der Waals surface area contributed by atoms with Crippen LogP contribution in [0.5, 0.6) is 0 Å². The minimum absolute atomic E-state index is 0.0319. The molecule has 2 amide bonds.